The lowest BCUT2D eigenvalue weighted by Gasteiger charge is -1.99. The Kier molecular flexibility index (Phi) is 1.30. The van der Waals surface area contributed by atoms with Gasteiger partial charge in [0.05, 0.1) is 5.56 Å². The number of fused-ring (bicyclic) bond motifs is 1. The fraction of sp³-hybridized carbons (Fsp3) is 0.125. The van der Waals surface area contributed by atoms with Crippen molar-refractivity contribution in [1.82, 2.24) is 0 Å². The number of hydrogen-bond acceptors (Lipinski definition) is 3. The van der Waals surface area contributed by atoms with E-state index in [4.69, 9.17) is 9.84 Å². The van der Waals surface area contributed by atoms with Crippen LogP contribution in [0.1, 0.15) is 10.4 Å². The largest absolute Gasteiger partial charge is 0.505 e. The summed E-state index contributed by atoms with van der Waals surface area (Å²) in [6, 6.07) is 2.49. The molecule has 0 unspecified atom stereocenters. The van der Waals surface area contributed by atoms with Gasteiger partial charge in [0.1, 0.15) is 0 Å². The zero-order valence-corrected chi connectivity index (χ0v) is 6.00. The maximum Gasteiger partial charge on any atom is 0.207 e. The molecule has 0 radical (unpaired) electrons. The van der Waals surface area contributed by atoms with Gasteiger partial charge < -0.3 is 9.84 Å². The van der Waals surface area contributed by atoms with Crippen LogP contribution in [0.25, 0.3) is 0 Å². The zero-order chi connectivity index (χ0) is 8.72. The van der Waals surface area contributed by atoms with Gasteiger partial charge in [-0.25, -0.2) is 0 Å². The molecule has 1 aliphatic heterocycles. The smallest absolute Gasteiger partial charge is 0.207 e. The summed E-state index contributed by atoms with van der Waals surface area (Å²) >= 11 is 0. The number of rotatable bonds is 0. The Morgan fingerprint density at radius 2 is 2.25 bits per heavy atom. The Balaban J connectivity index is 2.68. The molecule has 0 amide bonds. The van der Waals surface area contributed by atoms with Crippen LogP contribution in [0.5, 0.6) is 11.5 Å². The van der Waals surface area contributed by atoms with Crippen molar-refractivity contribution in [2.45, 2.75) is 0 Å². The molecular formula is C8H5FO3. The lowest BCUT2D eigenvalue weighted by Crippen LogP contribution is -1.98. The third-order valence-corrected chi connectivity index (χ3v) is 1.72. The van der Waals surface area contributed by atoms with Gasteiger partial charge in [0, 0.05) is 0 Å². The summed E-state index contributed by atoms with van der Waals surface area (Å²) < 4.78 is 17.7. The van der Waals surface area contributed by atoms with Crippen LogP contribution < -0.4 is 4.74 Å². The standard InChI is InChI=1S/C8H5FO3/c9-7-5(10)2-1-4-6(11)3-12-8(4)7/h1-2,10H,3H2. The Hall–Kier alpha value is -1.58. The number of ketones is 1. The summed E-state index contributed by atoms with van der Waals surface area (Å²) in [5, 5.41) is 8.90. The molecule has 0 saturated carbocycles. The van der Waals surface area contributed by atoms with E-state index in [1.54, 1.807) is 0 Å². The fourth-order valence-electron chi connectivity index (χ4n) is 1.12. The second kappa shape index (κ2) is 2.20. The average Bonchev–Trinajstić information content (AvgIpc) is 2.41. The SMILES string of the molecule is O=C1COc2c1ccc(O)c2F. The van der Waals surface area contributed by atoms with Gasteiger partial charge in [-0.2, -0.15) is 4.39 Å². The van der Waals surface area contributed by atoms with Crippen molar-refractivity contribution < 1.29 is 19.0 Å². The van der Waals surface area contributed by atoms with Crippen LogP contribution in [0.3, 0.4) is 0 Å². The highest BCUT2D eigenvalue weighted by atomic mass is 19.1. The molecule has 12 heavy (non-hydrogen) atoms. The molecule has 1 aliphatic rings. The minimum Gasteiger partial charge on any atom is -0.505 e. The molecule has 0 bridgehead atoms. The van der Waals surface area contributed by atoms with Gasteiger partial charge in [0.2, 0.25) is 11.6 Å². The Labute approximate surface area is 67.4 Å². The topological polar surface area (TPSA) is 46.5 Å². The van der Waals surface area contributed by atoms with Crippen molar-refractivity contribution in [2.24, 2.45) is 0 Å². The molecule has 1 aromatic carbocycles. The first-order valence-corrected chi connectivity index (χ1v) is 3.37. The highest BCUT2D eigenvalue weighted by Crippen LogP contribution is 2.33. The maximum absolute atomic E-state index is 12.9. The van der Waals surface area contributed by atoms with E-state index in [-0.39, 0.29) is 23.7 Å². The summed E-state index contributed by atoms with van der Waals surface area (Å²) in [6.45, 7) is -0.143. The van der Waals surface area contributed by atoms with E-state index in [1.807, 2.05) is 0 Å². The summed E-state index contributed by atoms with van der Waals surface area (Å²) in [4.78, 5) is 11.0. The molecule has 0 aliphatic carbocycles. The van der Waals surface area contributed by atoms with Crippen LogP contribution in [-0.2, 0) is 0 Å². The van der Waals surface area contributed by atoms with E-state index >= 15 is 0 Å². The minimum atomic E-state index is -0.863. The van der Waals surface area contributed by atoms with Crippen molar-refractivity contribution in [3.05, 3.63) is 23.5 Å². The number of Topliss-reactive ketones (excluding diaryl/α,β-unsaturated/α-hetero) is 1. The van der Waals surface area contributed by atoms with Gasteiger partial charge in [-0.3, -0.25) is 4.79 Å². The second-order valence-electron chi connectivity index (χ2n) is 2.49. The van der Waals surface area contributed by atoms with Gasteiger partial charge in [-0.15, -0.1) is 0 Å². The van der Waals surface area contributed by atoms with Crippen molar-refractivity contribution in [1.29, 1.82) is 0 Å². The number of phenols is 1. The zero-order valence-electron chi connectivity index (χ0n) is 6.00. The third-order valence-electron chi connectivity index (χ3n) is 1.72. The predicted octanol–water partition coefficient (Wildman–Crippen LogP) is 1.11. The van der Waals surface area contributed by atoms with E-state index in [9.17, 15) is 9.18 Å². The first kappa shape index (κ1) is 7.09. The summed E-state index contributed by atoms with van der Waals surface area (Å²) in [5.74, 6) is -1.76. The van der Waals surface area contributed by atoms with Crippen LogP contribution in [0.2, 0.25) is 0 Å². The van der Waals surface area contributed by atoms with Crippen LogP contribution in [0.15, 0.2) is 12.1 Å². The van der Waals surface area contributed by atoms with E-state index in [0.29, 0.717) is 0 Å². The molecule has 0 saturated heterocycles. The van der Waals surface area contributed by atoms with Gasteiger partial charge in [-0.05, 0) is 12.1 Å². The molecule has 1 aromatic rings. The van der Waals surface area contributed by atoms with Crippen LogP contribution in [0, 0.1) is 5.82 Å². The van der Waals surface area contributed by atoms with Crippen molar-refractivity contribution in [3.63, 3.8) is 0 Å². The first-order chi connectivity index (χ1) is 5.70. The van der Waals surface area contributed by atoms with Crippen LogP contribution in [0.4, 0.5) is 4.39 Å². The molecule has 0 aromatic heterocycles. The number of ether oxygens (including phenoxy) is 1. The summed E-state index contributed by atoms with van der Waals surface area (Å²) in [5.41, 5.74) is 0.199. The molecule has 1 heterocycles. The Bertz CT molecular complexity index is 360. The minimum absolute atomic E-state index is 0.139. The predicted molar refractivity (Wildman–Crippen MR) is 37.9 cm³/mol. The number of aromatic hydroxyl groups is 1. The Morgan fingerprint density at radius 1 is 1.50 bits per heavy atom. The molecule has 4 heteroatoms. The van der Waals surface area contributed by atoms with Gasteiger partial charge in [0.15, 0.2) is 18.1 Å². The van der Waals surface area contributed by atoms with Crippen molar-refractivity contribution >= 4 is 5.78 Å². The van der Waals surface area contributed by atoms with E-state index in [1.165, 1.54) is 6.07 Å². The number of halogens is 1. The molecule has 1 N–H and O–H groups in total. The summed E-state index contributed by atoms with van der Waals surface area (Å²) in [7, 11) is 0. The number of benzene rings is 1. The first-order valence-electron chi connectivity index (χ1n) is 3.37. The number of hydrogen-bond donors (Lipinski definition) is 1. The molecular weight excluding hydrogens is 163 g/mol. The number of phenolic OH excluding ortho intramolecular Hbond substituents is 1. The highest BCUT2D eigenvalue weighted by molar-refractivity contribution is 6.02. The highest BCUT2D eigenvalue weighted by Gasteiger charge is 2.25. The van der Waals surface area contributed by atoms with Crippen molar-refractivity contribution in [3.8, 4) is 11.5 Å². The van der Waals surface area contributed by atoms with E-state index in [0.717, 1.165) is 6.07 Å². The monoisotopic (exact) mass is 168 g/mol. The average molecular weight is 168 g/mol. The lowest BCUT2D eigenvalue weighted by atomic mass is 10.1. The summed E-state index contributed by atoms with van der Waals surface area (Å²) in [6.07, 6.45) is 0. The molecule has 0 spiro atoms. The van der Waals surface area contributed by atoms with E-state index in [2.05, 4.69) is 0 Å². The lowest BCUT2D eigenvalue weighted by molar-refractivity contribution is 0.0960. The molecule has 62 valence electrons. The number of carbonyl (C=O) groups excluding carboxylic acids is 1. The quantitative estimate of drug-likeness (QED) is 0.631. The Morgan fingerprint density at radius 3 is 3.00 bits per heavy atom. The second-order valence-corrected chi connectivity index (χ2v) is 2.49. The molecule has 2 rings (SSSR count). The molecule has 3 nitrogen and oxygen atoms in total. The van der Waals surface area contributed by atoms with E-state index < -0.39 is 11.6 Å². The van der Waals surface area contributed by atoms with Crippen molar-refractivity contribution in [2.75, 3.05) is 6.61 Å². The van der Waals surface area contributed by atoms with Crippen LogP contribution in [-0.4, -0.2) is 17.5 Å². The van der Waals surface area contributed by atoms with Gasteiger partial charge in [-0.1, -0.05) is 0 Å². The fourth-order valence-corrected chi connectivity index (χ4v) is 1.12. The van der Waals surface area contributed by atoms with Gasteiger partial charge in [0.25, 0.3) is 0 Å². The number of carbonyl (C=O) groups is 1. The molecule has 0 atom stereocenters. The maximum atomic E-state index is 12.9. The van der Waals surface area contributed by atoms with Crippen LogP contribution >= 0.6 is 0 Å². The normalized spacial score (nSPS) is 14.2. The third kappa shape index (κ3) is 0.777. The van der Waals surface area contributed by atoms with Gasteiger partial charge >= 0.3 is 0 Å². The molecule has 0 fully saturated rings.